The van der Waals surface area contributed by atoms with Gasteiger partial charge >= 0.3 is 0 Å². The summed E-state index contributed by atoms with van der Waals surface area (Å²) in [6.45, 7) is 1.81. The van der Waals surface area contributed by atoms with Crippen LogP contribution in [0.3, 0.4) is 0 Å². The maximum absolute atomic E-state index is 8.92. The number of nitrogens with zero attached hydrogens (tertiary/aromatic N) is 2. The lowest BCUT2D eigenvalue weighted by Crippen LogP contribution is -1.96. The molecule has 0 radical (unpaired) electrons. The van der Waals surface area contributed by atoms with Gasteiger partial charge in [0, 0.05) is 18.7 Å². The van der Waals surface area contributed by atoms with E-state index in [0.717, 1.165) is 11.2 Å². The molecular weight excluding hydrogens is 252 g/mol. The third-order valence-corrected chi connectivity index (χ3v) is 2.96. The summed E-state index contributed by atoms with van der Waals surface area (Å²) in [6.07, 6.45) is 0. The van der Waals surface area contributed by atoms with Crippen molar-refractivity contribution in [1.82, 2.24) is 4.98 Å². The summed E-state index contributed by atoms with van der Waals surface area (Å²) in [4.78, 5) is 4.24. The van der Waals surface area contributed by atoms with Crippen LogP contribution in [0.15, 0.2) is 40.8 Å². The molecule has 3 rings (SSSR count). The number of nitrogens with one attached hydrogen (secondary N) is 1. The van der Waals surface area contributed by atoms with Gasteiger partial charge in [0.2, 0.25) is 0 Å². The highest BCUT2D eigenvalue weighted by molar-refractivity contribution is 5.81. The largest absolute Gasteiger partial charge is 0.441 e. The van der Waals surface area contributed by atoms with Gasteiger partial charge in [-0.3, -0.25) is 0 Å². The van der Waals surface area contributed by atoms with Crippen LogP contribution in [0, 0.1) is 18.3 Å². The number of nitriles is 1. The van der Waals surface area contributed by atoms with Gasteiger partial charge in [-0.1, -0.05) is 0 Å². The number of aromatic nitrogens is 1. The molecule has 0 amide bonds. The first-order chi connectivity index (χ1) is 9.65. The van der Waals surface area contributed by atoms with Gasteiger partial charge in [-0.2, -0.15) is 5.26 Å². The standard InChI is InChI=1S/C15H12N4O/c1-9-18-13-5-3-11(7-15(13)20-9)19-14-6-10(8-16)2-4-12(14)17/h2-7,19H,17H2,1H3. The Morgan fingerprint density at radius 1 is 1.25 bits per heavy atom. The number of fused-ring (bicyclic) bond motifs is 1. The van der Waals surface area contributed by atoms with Crippen molar-refractivity contribution < 1.29 is 4.42 Å². The molecular formula is C15H12N4O. The van der Waals surface area contributed by atoms with E-state index in [1.54, 1.807) is 18.2 Å². The number of anilines is 3. The number of oxazole rings is 1. The van der Waals surface area contributed by atoms with Crippen LogP contribution in [-0.2, 0) is 0 Å². The monoisotopic (exact) mass is 264 g/mol. The lowest BCUT2D eigenvalue weighted by atomic mass is 10.2. The summed E-state index contributed by atoms with van der Waals surface area (Å²) in [7, 11) is 0. The highest BCUT2D eigenvalue weighted by Crippen LogP contribution is 2.26. The second kappa shape index (κ2) is 4.59. The van der Waals surface area contributed by atoms with Crippen LogP contribution >= 0.6 is 0 Å². The summed E-state index contributed by atoms with van der Waals surface area (Å²) < 4.78 is 5.49. The van der Waals surface area contributed by atoms with Gasteiger partial charge in [-0.25, -0.2) is 4.98 Å². The quantitative estimate of drug-likeness (QED) is 0.693. The Balaban J connectivity index is 1.98. The van der Waals surface area contributed by atoms with Crippen LogP contribution in [0.4, 0.5) is 17.1 Å². The summed E-state index contributed by atoms with van der Waals surface area (Å²) in [5.41, 5.74) is 10.1. The Hall–Kier alpha value is -3.00. The van der Waals surface area contributed by atoms with Crippen molar-refractivity contribution in [2.24, 2.45) is 0 Å². The van der Waals surface area contributed by atoms with Crippen LogP contribution in [-0.4, -0.2) is 4.98 Å². The molecule has 1 aromatic heterocycles. The van der Waals surface area contributed by atoms with Gasteiger partial charge in [-0.05, 0) is 30.3 Å². The number of benzene rings is 2. The summed E-state index contributed by atoms with van der Waals surface area (Å²) >= 11 is 0. The molecule has 0 fully saturated rings. The molecule has 0 saturated carbocycles. The molecule has 5 nitrogen and oxygen atoms in total. The average Bonchev–Trinajstić information content (AvgIpc) is 2.80. The fourth-order valence-electron chi connectivity index (χ4n) is 2.01. The molecule has 20 heavy (non-hydrogen) atoms. The molecule has 5 heteroatoms. The number of hydrogen-bond acceptors (Lipinski definition) is 5. The van der Waals surface area contributed by atoms with Crippen molar-refractivity contribution in [1.29, 1.82) is 5.26 Å². The fourth-order valence-corrected chi connectivity index (χ4v) is 2.01. The van der Waals surface area contributed by atoms with Crippen molar-refractivity contribution >= 4 is 28.2 Å². The summed E-state index contributed by atoms with van der Waals surface area (Å²) in [5.74, 6) is 0.628. The lowest BCUT2D eigenvalue weighted by molar-refractivity contribution is 0.561. The first-order valence-electron chi connectivity index (χ1n) is 6.09. The van der Waals surface area contributed by atoms with E-state index >= 15 is 0 Å². The number of rotatable bonds is 2. The minimum absolute atomic E-state index is 0.554. The molecule has 3 aromatic rings. The highest BCUT2D eigenvalue weighted by Gasteiger charge is 2.05. The highest BCUT2D eigenvalue weighted by atomic mass is 16.3. The third kappa shape index (κ3) is 2.15. The van der Waals surface area contributed by atoms with Crippen molar-refractivity contribution in [3.05, 3.63) is 47.9 Å². The van der Waals surface area contributed by atoms with E-state index in [1.165, 1.54) is 0 Å². The topological polar surface area (TPSA) is 87.9 Å². The second-order valence-corrected chi connectivity index (χ2v) is 4.45. The van der Waals surface area contributed by atoms with E-state index in [2.05, 4.69) is 16.4 Å². The smallest absolute Gasteiger partial charge is 0.192 e. The zero-order chi connectivity index (χ0) is 14.1. The molecule has 0 aliphatic heterocycles. The van der Waals surface area contributed by atoms with E-state index in [1.807, 2.05) is 25.1 Å². The molecule has 0 spiro atoms. The maximum Gasteiger partial charge on any atom is 0.192 e. The van der Waals surface area contributed by atoms with Gasteiger partial charge in [0.1, 0.15) is 5.52 Å². The molecule has 1 heterocycles. The average molecular weight is 264 g/mol. The SMILES string of the molecule is Cc1nc2ccc(Nc3cc(C#N)ccc3N)cc2o1. The summed E-state index contributed by atoms with van der Waals surface area (Å²) in [5, 5.41) is 12.1. The first kappa shape index (κ1) is 12.1. The molecule has 0 bridgehead atoms. The number of nitrogens with two attached hydrogens (primary N) is 1. The Kier molecular flexibility index (Phi) is 2.77. The first-order valence-corrected chi connectivity index (χ1v) is 6.09. The third-order valence-electron chi connectivity index (χ3n) is 2.96. The number of nitrogen functional groups attached to an aromatic ring is 1. The second-order valence-electron chi connectivity index (χ2n) is 4.45. The Morgan fingerprint density at radius 2 is 2.10 bits per heavy atom. The van der Waals surface area contributed by atoms with E-state index in [9.17, 15) is 0 Å². The van der Waals surface area contributed by atoms with Crippen LogP contribution in [0.25, 0.3) is 11.1 Å². The van der Waals surface area contributed by atoms with Crippen molar-refractivity contribution in [3.8, 4) is 6.07 Å². The van der Waals surface area contributed by atoms with Gasteiger partial charge in [0.05, 0.1) is 23.0 Å². The van der Waals surface area contributed by atoms with Crippen molar-refractivity contribution in [2.75, 3.05) is 11.1 Å². The van der Waals surface area contributed by atoms with Gasteiger partial charge < -0.3 is 15.5 Å². The molecule has 2 aromatic carbocycles. The van der Waals surface area contributed by atoms with Gasteiger partial charge in [-0.15, -0.1) is 0 Å². The maximum atomic E-state index is 8.92. The Labute approximate surface area is 115 Å². The summed E-state index contributed by atoms with van der Waals surface area (Å²) in [6, 6.07) is 12.8. The van der Waals surface area contributed by atoms with E-state index in [-0.39, 0.29) is 0 Å². The predicted molar refractivity (Wildman–Crippen MR) is 77.6 cm³/mol. The number of hydrogen-bond donors (Lipinski definition) is 2. The Morgan fingerprint density at radius 3 is 2.90 bits per heavy atom. The van der Waals surface area contributed by atoms with Crippen LogP contribution in [0.2, 0.25) is 0 Å². The molecule has 0 unspecified atom stereocenters. The van der Waals surface area contributed by atoms with Crippen LogP contribution < -0.4 is 11.1 Å². The van der Waals surface area contributed by atoms with Gasteiger partial charge in [0.25, 0.3) is 0 Å². The van der Waals surface area contributed by atoms with Crippen LogP contribution in [0.5, 0.6) is 0 Å². The normalized spacial score (nSPS) is 10.4. The fraction of sp³-hybridized carbons (Fsp3) is 0.0667. The van der Waals surface area contributed by atoms with E-state index < -0.39 is 0 Å². The minimum Gasteiger partial charge on any atom is -0.441 e. The predicted octanol–water partition coefficient (Wildman–Crippen LogP) is 3.33. The molecule has 0 atom stereocenters. The molecule has 3 N–H and O–H groups in total. The molecule has 0 saturated heterocycles. The Bertz CT molecular complexity index is 829. The number of aryl methyl sites for hydroxylation is 1. The molecule has 98 valence electrons. The zero-order valence-corrected chi connectivity index (χ0v) is 10.8. The van der Waals surface area contributed by atoms with Gasteiger partial charge in [0.15, 0.2) is 11.5 Å². The van der Waals surface area contributed by atoms with Crippen molar-refractivity contribution in [3.63, 3.8) is 0 Å². The van der Waals surface area contributed by atoms with Crippen molar-refractivity contribution in [2.45, 2.75) is 6.92 Å². The zero-order valence-electron chi connectivity index (χ0n) is 10.8. The van der Waals surface area contributed by atoms with Crippen LogP contribution in [0.1, 0.15) is 11.5 Å². The molecule has 0 aliphatic carbocycles. The lowest BCUT2D eigenvalue weighted by Gasteiger charge is -2.09. The van der Waals surface area contributed by atoms with E-state index in [0.29, 0.717) is 28.4 Å². The van der Waals surface area contributed by atoms with E-state index in [4.69, 9.17) is 15.4 Å². The minimum atomic E-state index is 0.554. The molecule has 0 aliphatic rings.